The fourth-order valence-electron chi connectivity index (χ4n) is 1.66. The van der Waals surface area contributed by atoms with Gasteiger partial charge in [-0.15, -0.1) is 0 Å². The summed E-state index contributed by atoms with van der Waals surface area (Å²) < 4.78 is 4.91. The van der Waals surface area contributed by atoms with E-state index in [-0.39, 0.29) is 6.54 Å². The number of carboxylic acids is 1. The van der Waals surface area contributed by atoms with Gasteiger partial charge >= 0.3 is 5.97 Å². The van der Waals surface area contributed by atoms with Crippen molar-refractivity contribution in [1.29, 1.82) is 0 Å². The molecule has 1 atom stereocenters. The van der Waals surface area contributed by atoms with Crippen LogP contribution >= 0.6 is 0 Å². The van der Waals surface area contributed by atoms with Crippen LogP contribution in [0.3, 0.4) is 0 Å². The zero-order valence-corrected chi connectivity index (χ0v) is 9.08. The van der Waals surface area contributed by atoms with Gasteiger partial charge in [-0.2, -0.15) is 0 Å². The van der Waals surface area contributed by atoms with E-state index in [0.717, 1.165) is 12.8 Å². The lowest BCUT2D eigenvalue weighted by molar-refractivity contribution is -0.149. The Bertz CT molecular complexity index is 173. The van der Waals surface area contributed by atoms with Crippen LogP contribution in [0.1, 0.15) is 32.6 Å². The van der Waals surface area contributed by atoms with Crippen LogP contribution < -0.4 is 5.73 Å². The van der Waals surface area contributed by atoms with Gasteiger partial charge in [-0.05, 0) is 19.3 Å². The summed E-state index contributed by atoms with van der Waals surface area (Å²) in [5.74, 6) is -0.780. The molecule has 0 aliphatic rings. The third-order valence-corrected chi connectivity index (χ3v) is 2.58. The van der Waals surface area contributed by atoms with Crippen LogP contribution in [0, 0.1) is 5.41 Å². The molecule has 0 saturated heterocycles. The van der Waals surface area contributed by atoms with Gasteiger partial charge in [0.05, 0.1) is 5.41 Å². The predicted octanol–water partition coefficient (Wildman–Crippen LogP) is 1.24. The maximum absolute atomic E-state index is 11.1. The molecule has 84 valence electrons. The Hall–Kier alpha value is -0.610. The number of nitrogens with two attached hydrogens (primary N) is 1. The second-order valence-electron chi connectivity index (χ2n) is 3.64. The lowest BCUT2D eigenvalue weighted by Crippen LogP contribution is -2.38. The van der Waals surface area contributed by atoms with Crippen LogP contribution in [0.4, 0.5) is 0 Å². The lowest BCUT2D eigenvalue weighted by Gasteiger charge is -2.27. The molecule has 0 amide bonds. The Morgan fingerprint density at radius 3 is 2.50 bits per heavy atom. The molecule has 0 fully saturated rings. The maximum Gasteiger partial charge on any atom is 0.310 e. The van der Waals surface area contributed by atoms with Crippen LogP contribution in [-0.4, -0.2) is 31.3 Å². The third-order valence-electron chi connectivity index (χ3n) is 2.58. The highest BCUT2D eigenvalue weighted by molar-refractivity contribution is 5.74. The van der Waals surface area contributed by atoms with E-state index in [1.54, 1.807) is 7.11 Å². The van der Waals surface area contributed by atoms with Crippen LogP contribution in [-0.2, 0) is 9.53 Å². The van der Waals surface area contributed by atoms with Gasteiger partial charge in [0.2, 0.25) is 0 Å². The van der Waals surface area contributed by atoms with Crippen molar-refractivity contribution in [2.75, 3.05) is 20.3 Å². The van der Waals surface area contributed by atoms with Crippen LogP contribution in [0.2, 0.25) is 0 Å². The number of carboxylic acid groups (broad SMARTS) is 1. The number of aliphatic carboxylic acids is 1. The zero-order valence-electron chi connectivity index (χ0n) is 9.08. The first-order valence-corrected chi connectivity index (χ1v) is 5.05. The molecule has 0 aliphatic heterocycles. The molecule has 0 saturated carbocycles. The Morgan fingerprint density at radius 1 is 1.50 bits per heavy atom. The van der Waals surface area contributed by atoms with E-state index in [9.17, 15) is 4.79 Å². The van der Waals surface area contributed by atoms with E-state index in [4.69, 9.17) is 15.6 Å². The third kappa shape index (κ3) is 3.64. The molecule has 0 aromatic carbocycles. The number of hydrogen-bond donors (Lipinski definition) is 2. The summed E-state index contributed by atoms with van der Waals surface area (Å²) in [6, 6.07) is 0. The monoisotopic (exact) mass is 203 g/mol. The number of hydrogen-bond acceptors (Lipinski definition) is 3. The minimum absolute atomic E-state index is 0.208. The van der Waals surface area contributed by atoms with Crippen molar-refractivity contribution in [3.63, 3.8) is 0 Å². The highest BCUT2D eigenvalue weighted by atomic mass is 16.5. The van der Waals surface area contributed by atoms with Gasteiger partial charge in [-0.1, -0.05) is 13.3 Å². The average molecular weight is 203 g/mol. The molecule has 0 radical (unpaired) electrons. The first-order valence-electron chi connectivity index (χ1n) is 5.05. The fourth-order valence-corrected chi connectivity index (χ4v) is 1.66. The molecule has 0 heterocycles. The molecule has 0 aromatic heterocycles. The van der Waals surface area contributed by atoms with Crippen molar-refractivity contribution >= 4 is 5.97 Å². The summed E-state index contributed by atoms with van der Waals surface area (Å²) >= 11 is 0. The Morgan fingerprint density at radius 2 is 2.14 bits per heavy atom. The van der Waals surface area contributed by atoms with Crippen molar-refractivity contribution in [1.82, 2.24) is 0 Å². The van der Waals surface area contributed by atoms with Crippen molar-refractivity contribution in [3.8, 4) is 0 Å². The number of rotatable bonds is 8. The molecule has 0 aliphatic carbocycles. The lowest BCUT2D eigenvalue weighted by atomic mass is 9.79. The zero-order chi connectivity index (χ0) is 11.0. The van der Waals surface area contributed by atoms with Crippen molar-refractivity contribution in [2.24, 2.45) is 11.1 Å². The summed E-state index contributed by atoms with van der Waals surface area (Å²) in [5.41, 5.74) is 4.81. The summed E-state index contributed by atoms with van der Waals surface area (Å²) in [6.45, 7) is 2.78. The minimum Gasteiger partial charge on any atom is -0.481 e. The molecule has 3 N–H and O–H groups in total. The van der Waals surface area contributed by atoms with Crippen LogP contribution in [0.25, 0.3) is 0 Å². The van der Waals surface area contributed by atoms with Gasteiger partial charge in [0.15, 0.2) is 0 Å². The maximum atomic E-state index is 11.1. The molecule has 14 heavy (non-hydrogen) atoms. The number of ether oxygens (including phenoxy) is 1. The topological polar surface area (TPSA) is 72.5 Å². The van der Waals surface area contributed by atoms with Crippen LogP contribution in [0.5, 0.6) is 0 Å². The molecular formula is C10H21NO3. The summed E-state index contributed by atoms with van der Waals surface area (Å²) in [6.07, 6.45) is 2.83. The van der Waals surface area contributed by atoms with Crippen molar-refractivity contribution < 1.29 is 14.6 Å². The number of methoxy groups -OCH3 is 1. The van der Waals surface area contributed by atoms with E-state index in [1.807, 2.05) is 6.92 Å². The number of carbonyl (C=O) groups is 1. The van der Waals surface area contributed by atoms with Crippen molar-refractivity contribution in [3.05, 3.63) is 0 Å². The predicted molar refractivity (Wildman–Crippen MR) is 55.1 cm³/mol. The standard InChI is InChI=1S/C10H21NO3/c1-3-5-10(8-11,9(12)13)6-4-7-14-2/h3-8,11H2,1-2H3,(H,12,13). The summed E-state index contributed by atoms with van der Waals surface area (Å²) in [7, 11) is 1.62. The van der Waals surface area contributed by atoms with E-state index >= 15 is 0 Å². The molecule has 4 heteroatoms. The summed E-state index contributed by atoms with van der Waals surface area (Å²) in [5, 5.41) is 9.13. The van der Waals surface area contributed by atoms with Gasteiger partial charge in [0.25, 0.3) is 0 Å². The average Bonchev–Trinajstić information content (AvgIpc) is 2.16. The van der Waals surface area contributed by atoms with Gasteiger partial charge in [0, 0.05) is 20.3 Å². The molecule has 0 rings (SSSR count). The minimum atomic E-state index is -0.780. The molecule has 0 spiro atoms. The second kappa shape index (κ2) is 6.79. The molecule has 0 bridgehead atoms. The van der Waals surface area contributed by atoms with E-state index in [1.165, 1.54) is 0 Å². The van der Waals surface area contributed by atoms with E-state index in [0.29, 0.717) is 19.4 Å². The summed E-state index contributed by atoms with van der Waals surface area (Å²) in [4.78, 5) is 11.1. The Kier molecular flexibility index (Phi) is 6.49. The van der Waals surface area contributed by atoms with Gasteiger partial charge in [-0.3, -0.25) is 4.79 Å². The first kappa shape index (κ1) is 13.4. The quantitative estimate of drug-likeness (QED) is 0.582. The largest absolute Gasteiger partial charge is 0.481 e. The van der Waals surface area contributed by atoms with Gasteiger partial charge in [0.1, 0.15) is 0 Å². The van der Waals surface area contributed by atoms with Crippen LogP contribution in [0.15, 0.2) is 0 Å². The molecular weight excluding hydrogens is 182 g/mol. The fraction of sp³-hybridized carbons (Fsp3) is 0.900. The van der Waals surface area contributed by atoms with Gasteiger partial charge < -0.3 is 15.6 Å². The highest BCUT2D eigenvalue weighted by Gasteiger charge is 2.35. The Balaban J connectivity index is 4.26. The molecule has 0 aromatic rings. The highest BCUT2D eigenvalue weighted by Crippen LogP contribution is 2.28. The smallest absolute Gasteiger partial charge is 0.310 e. The Labute approximate surface area is 85.4 Å². The normalized spacial score (nSPS) is 15.1. The van der Waals surface area contributed by atoms with Gasteiger partial charge in [-0.25, -0.2) is 0 Å². The van der Waals surface area contributed by atoms with Crippen molar-refractivity contribution in [2.45, 2.75) is 32.6 Å². The molecule has 4 nitrogen and oxygen atoms in total. The first-order chi connectivity index (χ1) is 6.63. The molecule has 1 unspecified atom stereocenters. The SMILES string of the molecule is CCCC(CN)(CCCOC)C(=O)O. The van der Waals surface area contributed by atoms with E-state index in [2.05, 4.69) is 0 Å². The second-order valence-corrected chi connectivity index (χ2v) is 3.64. The van der Waals surface area contributed by atoms with E-state index < -0.39 is 11.4 Å².